The molecule has 0 fully saturated rings. The Morgan fingerprint density at radius 2 is 1.47 bits per heavy atom. The Hall–Kier alpha value is -3.65. The zero-order valence-electron chi connectivity index (χ0n) is 18.1. The number of rotatable bonds is 7. The van der Waals surface area contributed by atoms with Crippen molar-refractivity contribution >= 4 is 33.2 Å². The molecule has 0 aromatic heterocycles. The van der Waals surface area contributed by atoms with Gasteiger partial charge in [0, 0.05) is 29.9 Å². The molecule has 2 amide bonds. The van der Waals surface area contributed by atoms with Crippen LogP contribution in [0.3, 0.4) is 0 Å². The third-order valence-electron chi connectivity index (χ3n) is 4.70. The van der Waals surface area contributed by atoms with E-state index in [0.717, 1.165) is 0 Å². The molecule has 0 aliphatic heterocycles. The second-order valence-corrected chi connectivity index (χ2v) is 9.46. The fourth-order valence-corrected chi connectivity index (χ4v) is 4.23. The second kappa shape index (κ2) is 9.65. The van der Waals surface area contributed by atoms with Crippen LogP contribution in [0.5, 0.6) is 0 Å². The van der Waals surface area contributed by atoms with E-state index in [9.17, 15) is 18.0 Å². The highest BCUT2D eigenvalue weighted by molar-refractivity contribution is 7.92. The van der Waals surface area contributed by atoms with E-state index in [-0.39, 0.29) is 22.4 Å². The molecule has 32 heavy (non-hydrogen) atoms. The molecule has 3 rings (SSSR count). The summed E-state index contributed by atoms with van der Waals surface area (Å²) in [6.07, 6.45) is 0. The van der Waals surface area contributed by atoms with Gasteiger partial charge in [-0.05, 0) is 68.4 Å². The third-order valence-corrected chi connectivity index (χ3v) is 6.48. The molecule has 8 heteroatoms. The van der Waals surface area contributed by atoms with Crippen LogP contribution in [0.2, 0.25) is 0 Å². The number of carbonyl (C=O) groups is 2. The summed E-state index contributed by atoms with van der Waals surface area (Å²) in [5, 5.41) is 5.52. The Balaban J connectivity index is 1.76. The molecule has 0 saturated carbocycles. The molecule has 0 atom stereocenters. The van der Waals surface area contributed by atoms with Crippen LogP contribution in [-0.4, -0.2) is 33.3 Å². The molecule has 0 bridgehead atoms. The molecule has 0 aliphatic rings. The highest BCUT2D eigenvalue weighted by atomic mass is 32.2. The van der Waals surface area contributed by atoms with Crippen LogP contribution in [0, 0.1) is 0 Å². The molecule has 3 aromatic carbocycles. The summed E-state index contributed by atoms with van der Waals surface area (Å²) in [5.41, 5.74) is 1.69. The Morgan fingerprint density at radius 1 is 0.812 bits per heavy atom. The second-order valence-electron chi connectivity index (χ2n) is 7.50. The highest BCUT2D eigenvalue weighted by Gasteiger charge is 2.22. The lowest BCUT2D eigenvalue weighted by atomic mass is 10.1. The van der Waals surface area contributed by atoms with Crippen LogP contribution < -0.4 is 14.9 Å². The van der Waals surface area contributed by atoms with Gasteiger partial charge in [-0.3, -0.25) is 13.9 Å². The average Bonchev–Trinajstić information content (AvgIpc) is 2.79. The van der Waals surface area contributed by atoms with Crippen molar-refractivity contribution in [1.82, 2.24) is 5.32 Å². The van der Waals surface area contributed by atoms with Crippen molar-refractivity contribution in [3.05, 3.63) is 90.0 Å². The van der Waals surface area contributed by atoms with Gasteiger partial charge < -0.3 is 10.6 Å². The minimum absolute atomic E-state index is 0.0113. The van der Waals surface area contributed by atoms with Crippen LogP contribution in [0.25, 0.3) is 0 Å². The lowest BCUT2D eigenvalue weighted by Crippen LogP contribution is -2.30. The summed E-state index contributed by atoms with van der Waals surface area (Å²) in [7, 11) is -2.37. The number of carbonyl (C=O) groups excluding carboxylic acids is 2. The van der Waals surface area contributed by atoms with Crippen LogP contribution in [0.15, 0.2) is 83.8 Å². The molecule has 166 valence electrons. The Kier molecular flexibility index (Phi) is 6.95. The number of nitrogens with zero attached hydrogens (tertiary/aromatic N) is 1. The van der Waals surface area contributed by atoms with E-state index in [1.54, 1.807) is 60.7 Å². The maximum absolute atomic E-state index is 13.0. The Morgan fingerprint density at radius 3 is 2.09 bits per heavy atom. The number of hydrogen-bond donors (Lipinski definition) is 2. The van der Waals surface area contributed by atoms with Gasteiger partial charge in [-0.2, -0.15) is 0 Å². The van der Waals surface area contributed by atoms with Crippen LogP contribution in [0.4, 0.5) is 11.4 Å². The highest BCUT2D eigenvalue weighted by Crippen LogP contribution is 2.22. The van der Waals surface area contributed by atoms with E-state index in [0.29, 0.717) is 16.9 Å². The first-order chi connectivity index (χ1) is 15.2. The largest absolute Gasteiger partial charge is 0.350 e. The summed E-state index contributed by atoms with van der Waals surface area (Å²) >= 11 is 0. The third kappa shape index (κ3) is 5.33. The molecule has 7 nitrogen and oxygen atoms in total. The molecule has 0 aliphatic carbocycles. The molecule has 3 aromatic rings. The number of amides is 2. The molecule has 2 N–H and O–H groups in total. The van der Waals surface area contributed by atoms with E-state index < -0.39 is 15.9 Å². The first-order valence-electron chi connectivity index (χ1n) is 10.0. The zero-order chi connectivity index (χ0) is 23.3. The zero-order valence-corrected chi connectivity index (χ0v) is 18.9. The quantitative estimate of drug-likeness (QED) is 0.569. The smallest absolute Gasteiger partial charge is 0.264 e. The summed E-state index contributed by atoms with van der Waals surface area (Å²) in [4.78, 5) is 24.7. The number of para-hydroxylation sites is 1. The van der Waals surface area contributed by atoms with Crippen molar-refractivity contribution in [2.24, 2.45) is 0 Å². The van der Waals surface area contributed by atoms with Crippen molar-refractivity contribution in [3.63, 3.8) is 0 Å². The normalized spacial score (nSPS) is 11.1. The van der Waals surface area contributed by atoms with Crippen molar-refractivity contribution in [3.8, 4) is 0 Å². The molecule has 0 unspecified atom stereocenters. The van der Waals surface area contributed by atoms with Crippen molar-refractivity contribution < 1.29 is 18.0 Å². The van der Waals surface area contributed by atoms with Gasteiger partial charge in [0.25, 0.3) is 21.8 Å². The molecule has 0 spiro atoms. The van der Waals surface area contributed by atoms with Gasteiger partial charge in [0.1, 0.15) is 0 Å². The SMILES string of the molecule is CC(C)NC(=O)c1ccc(NC(=O)c2cccc(S(=O)(=O)N(C)c3ccccc3)c2)cc1. The lowest BCUT2D eigenvalue weighted by Gasteiger charge is -2.19. The van der Waals surface area contributed by atoms with Crippen molar-refractivity contribution in [2.45, 2.75) is 24.8 Å². The molecule has 0 saturated heterocycles. The van der Waals surface area contributed by atoms with Crippen molar-refractivity contribution in [2.75, 3.05) is 16.7 Å². The number of sulfonamides is 1. The summed E-state index contributed by atoms with van der Waals surface area (Å²) in [6, 6.07) is 21.1. The van der Waals surface area contributed by atoms with E-state index in [1.165, 1.54) is 29.6 Å². The Bertz CT molecular complexity index is 1210. The predicted molar refractivity (Wildman–Crippen MR) is 125 cm³/mol. The summed E-state index contributed by atoms with van der Waals surface area (Å²) in [6.45, 7) is 3.75. The standard InChI is InChI=1S/C24H25N3O4S/c1-17(2)25-23(28)18-12-14-20(15-13-18)26-24(29)19-8-7-11-22(16-19)32(30,31)27(3)21-9-5-4-6-10-21/h4-17H,1-3H3,(H,25,28)(H,26,29). The number of hydrogen-bond acceptors (Lipinski definition) is 4. The van der Waals surface area contributed by atoms with Crippen LogP contribution in [-0.2, 0) is 10.0 Å². The van der Waals surface area contributed by atoms with E-state index in [1.807, 2.05) is 13.8 Å². The van der Waals surface area contributed by atoms with Gasteiger partial charge >= 0.3 is 0 Å². The van der Waals surface area contributed by atoms with Crippen molar-refractivity contribution in [1.29, 1.82) is 0 Å². The van der Waals surface area contributed by atoms with E-state index >= 15 is 0 Å². The van der Waals surface area contributed by atoms with Gasteiger partial charge in [0.2, 0.25) is 0 Å². The van der Waals surface area contributed by atoms with Gasteiger partial charge in [-0.15, -0.1) is 0 Å². The summed E-state index contributed by atoms with van der Waals surface area (Å²) < 4.78 is 27.2. The topological polar surface area (TPSA) is 95.6 Å². The maximum atomic E-state index is 13.0. The predicted octanol–water partition coefficient (Wildman–Crippen LogP) is 3.90. The minimum atomic E-state index is -3.84. The average molecular weight is 452 g/mol. The number of anilines is 2. The van der Waals surface area contributed by atoms with Gasteiger partial charge in [-0.1, -0.05) is 24.3 Å². The number of benzene rings is 3. The first-order valence-corrected chi connectivity index (χ1v) is 11.5. The fraction of sp³-hybridized carbons (Fsp3) is 0.167. The lowest BCUT2D eigenvalue weighted by molar-refractivity contribution is 0.0942. The maximum Gasteiger partial charge on any atom is 0.264 e. The van der Waals surface area contributed by atoms with Crippen LogP contribution in [0.1, 0.15) is 34.6 Å². The van der Waals surface area contributed by atoms with Gasteiger partial charge in [0.05, 0.1) is 10.6 Å². The van der Waals surface area contributed by atoms with E-state index in [4.69, 9.17) is 0 Å². The first kappa shape index (κ1) is 23.0. The van der Waals surface area contributed by atoms with Gasteiger partial charge in [-0.25, -0.2) is 8.42 Å². The minimum Gasteiger partial charge on any atom is -0.350 e. The van der Waals surface area contributed by atoms with Gasteiger partial charge in [0.15, 0.2) is 0 Å². The number of nitrogens with one attached hydrogen (secondary N) is 2. The summed E-state index contributed by atoms with van der Waals surface area (Å²) in [5.74, 6) is -0.651. The van der Waals surface area contributed by atoms with Crippen LogP contribution >= 0.6 is 0 Å². The fourth-order valence-electron chi connectivity index (χ4n) is 2.99. The molecule has 0 radical (unpaired) electrons. The molecule has 0 heterocycles. The molecular weight excluding hydrogens is 426 g/mol. The monoisotopic (exact) mass is 451 g/mol. The molecular formula is C24H25N3O4S. The Labute approximate surface area is 188 Å². The van der Waals surface area contributed by atoms with E-state index in [2.05, 4.69) is 10.6 Å².